The predicted octanol–water partition coefficient (Wildman–Crippen LogP) is 18.7. The standard InChI is InChI=1S/C63H123N2O6P/c1-6-8-10-12-14-16-18-20-22-24-26-28-30-31-32-33-35-36-38-40-42-44-46-48-50-52-54-56-62(66)61(60-71-72(68,69)70-59-58-65(3,4)5)64-63(67)57-55-53-51-49-47-45-43-41-39-37-34-29-27-25-23-21-19-17-15-13-11-9-7-2/h38,40,46,48,54,56,61-62,66H,6-37,39,41-45,47,49-53,55,57-60H2,1-5H3,(H-,64,67,68,69)/b40-38+,48-46+,56-54+. The van der Waals surface area contributed by atoms with E-state index in [1.54, 1.807) is 6.08 Å². The summed E-state index contributed by atoms with van der Waals surface area (Å²) in [4.78, 5) is 25.5. The quantitative estimate of drug-likeness (QED) is 0.0272. The fourth-order valence-electron chi connectivity index (χ4n) is 9.42. The van der Waals surface area contributed by atoms with E-state index in [0.717, 1.165) is 44.9 Å². The molecule has 0 radical (unpaired) electrons. The first kappa shape index (κ1) is 70.7. The van der Waals surface area contributed by atoms with Gasteiger partial charge in [-0.05, 0) is 44.9 Å². The van der Waals surface area contributed by atoms with Gasteiger partial charge < -0.3 is 28.8 Å². The molecule has 0 aromatic rings. The fourth-order valence-corrected chi connectivity index (χ4v) is 10.1. The van der Waals surface area contributed by atoms with E-state index in [9.17, 15) is 19.4 Å². The number of phosphoric ester groups is 1. The number of nitrogens with zero attached hydrogens (tertiary/aromatic N) is 1. The molecule has 1 amide bonds. The number of hydrogen-bond acceptors (Lipinski definition) is 6. The van der Waals surface area contributed by atoms with Crippen LogP contribution in [0.3, 0.4) is 0 Å². The van der Waals surface area contributed by atoms with Crippen molar-refractivity contribution in [3.63, 3.8) is 0 Å². The van der Waals surface area contributed by atoms with Gasteiger partial charge in [-0.3, -0.25) is 9.36 Å². The number of hydrogen-bond donors (Lipinski definition) is 2. The lowest BCUT2D eigenvalue weighted by atomic mass is 10.0. The highest BCUT2D eigenvalue weighted by atomic mass is 31.2. The van der Waals surface area contributed by atoms with Gasteiger partial charge >= 0.3 is 0 Å². The zero-order valence-electron chi connectivity index (χ0n) is 48.6. The summed E-state index contributed by atoms with van der Waals surface area (Å²) in [7, 11) is 1.25. The van der Waals surface area contributed by atoms with E-state index < -0.39 is 26.6 Å². The highest BCUT2D eigenvalue weighted by Gasteiger charge is 2.23. The average molecular weight is 1040 g/mol. The van der Waals surface area contributed by atoms with Crippen molar-refractivity contribution in [1.29, 1.82) is 0 Å². The van der Waals surface area contributed by atoms with Gasteiger partial charge in [-0.15, -0.1) is 0 Å². The highest BCUT2D eigenvalue weighted by molar-refractivity contribution is 7.45. The number of amides is 1. The molecule has 8 nitrogen and oxygen atoms in total. The van der Waals surface area contributed by atoms with Crippen LogP contribution in [-0.4, -0.2) is 68.5 Å². The van der Waals surface area contributed by atoms with E-state index in [4.69, 9.17) is 9.05 Å². The van der Waals surface area contributed by atoms with Crippen LogP contribution in [0.5, 0.6) is 0 Å². The normalized spacial score (nSPS) is 14.0. The Hall–Kier alpha value is -1.28. The number of aliphatic hydroxyl groups excluding tert-OH is 1. The fraction of sp³-hybridized carbons (Fsp3) is 0.889. The van der Waals surface area contributed by atoms with Crippen LogP contribution in [0.15, 0.2) is 36.5 Å². The number of phosphoric acid groups is 1. The van der Waals surface area contributed by atoms with E-state index in [1.807, 2.05) is 27.2 Å². The number of allylic oxidation sites excluding steroid dienone is 5. The van der Waals surface area contributed by atoms with Crippen LogP contribution >= 0.6 is 7.82 Å². The van der Waals surface area contributed by atoms with Gasteiger partial charge in [-0.1, -0.05) is 294 Å². The van der Waals surface area contributed by atoms with E-state index >= 15 is 0 Å². The molecule has 0 rings (SSSR count). The molecule has 3 unspecified atom stereocenters. The lowest BCUT2D eigenvalue weighted by Crippen LogP contribution is -2.45. The summed E-state index contributed by atoms with van der Waals surface area (Å²) in [5.74, 6) is -0.205. The third-order valence-corrected chi connectivity index (χ3v) is 15.3. The third kappa shape index (κ3) is 56.4. The number of likely N-dealkylation sites (N-methyl/N-ethyl adjacent to an activating group) is 1. The van der Waals surface area contributed by atoms with Crippen LogP contribution < -0.4 is 10.2 Å². The van der Waals surface area contributed by atoms with Gasteiger partial charge in [0, 0.05) is 6.42 Å². The average Bonchev–Trinajstić information content (AvgIpc) is 3.34. The van der Waals surface area contributed by atoms with Crippen molar-refractivity contribution in [3.05, 3.63) is 36.5 Å². The van der Waals surface area contributed by atoms with Crippen LogP contribution in [0.25, 0.3) is 0 Å². The van der Waals surface area contributed by atoms with Crippen LogP contribution in [0.2, 0.25) is 0 Å². The molecule has 0 aliphatic rings. The highest BCUT2D eigenvalue weighted by Crippen LogP contribution is 2.38. The molecule has 72 heavy (non-hydrogen) atoms. The summed E-state index contributed by atoms with van der Waals surface area (Å²) in [6, 6.07) is -0.908. The van der Waals surface area contributed by atoms with Gasteiger partial charge in [0.15, 0.2) is 0 Å². The number of nitrogens with one attached hydrogen (secondary N) is 1. The molecule has 0 aliphatic heterocycles. The number of unbranched alkanes of at least 4 members (excludes halogenated alkanes) is 41. The zero-order chi connectivity index (χ0) is 52.7. The van der Waals surface area contributed by atoms with Crippen molar-refractivity contribution in [2.75, 3.05) is 40.9 Å². The van der Waals surface area contributed by atoms with Gasteiger partial charge in [-0.2, -0.15) is 0 Å². The zero-order valence-corrected chi connectivity index (χ0v) is 49.5. The Labute approximate surface area is 448 Å². The summed E-state index contributed by atoms with van der Waals surface area (Å²) in [6.45, 7) is 4.67. The molecule has 0 spiro atoms. The molecule has 0 fully saturated rings. The summed E-state index contributed by atoms with van der Waals surface area (Å²) in [6.07, 6.45) is 71.0. The SMILES string of the molecule is CCCCCCCCCCCCCCCCCCC/C=C/CC/C=C/CC/C=C/C(O)C(COP(=O)([O-])OCC[N+](C)(C)C)NC(=O)CCCCCCCCCCCCCCCCCCCCCCCCC. The smallest absolute Gasteiger partial charge is 0.268 e. The minimum atomic E-state index is -4.61. The second-order valence-corrected chi connectivity index (χ2v) is 24.2. The minimum Gasteiger partial charge on any atom is -0.756 e. The molecule has 2 N–H and O–H groups in total. The molecule has 426 valence electrons. The lowest BCUT2D eigenvalue weighted by Gasteiger charge is -2.29. The van der Waals surface area contributed by atoms with E-state index in [-0.39, 0.29) is 12.5 Å². The van der Waals surface area contributed by atoms with Crippen LogP contribution in [0, 0.1) is 0 Å². The van der Waals surface area contributed by atoms with Gasteiger partial charge in [0.2, 0.25) is 5.91 Å². The van der Waals surface area contributed by atoms with Crippen LogP contribution in [-0.2, 0) is 18.4 Å². The Morgan fingerprint density at radius 2 is 0.778 bits per heavy atom. The first-order valence-electron chi connectivity index (χ1n) is 31.4. The van der Waals surface area contributed by atoms with Crippen molar-refractivity contribution in [2.24, 2.45) is 0 Å². The summed E-state index contributed by atoms with van der Waals surface area (Å²) < 4.78 is 23.4. The Morgan fingerprint density at radius 3 is 1.12 bits per heavy atom. The summed E-state index contributed by atoms with van der Waals surface area (Å²) >= 11 is 0. The topological polar surface area (TPSA) is 108 Å². The van der Waals surface area contributed by atoms with E-state index in [2.05, 4.69) is 43.5 Å². The lowest BCUT2D eigenvalue weighted by molar-refractivity contribution is -0.870. The Kier molecular flexibility index (Phi) is 53.5. The van der Waals surface area contributed by atoms with Crippen LogP contribution in [0.4, 0.5) is 0 Å². The van der Waals surface area contributed by atoms with Crippen molar-refractivity contribution in [3.8, 4) is 0 Å². The van der Waals surface area contributed by atoms with Crippen LogP contribution in [0.1, 0.15) is 309 Å². The van der Waals surface area contributed by atoms with Gasteiger partial charge in [0.1, 0.15) is 13.2 Å². The van der Waals surface area contributed by atoms with E-state index in [1.165, 1.54) is 244 Å². The number of carbonyl (C=O) groups is 1. The Balaban J connectivity index is 4.20. The number of carbonyl (C=O) groups excluding carboxylic acids is 1. The molecule has 0 bridgehead atoms. The second-order valence-electron chi connectivity index (χ2n) is 22.8. The minimum absolute atomic E-state index is 0.00723. The Morgan fingerprint density at radius 1 is 0.472 bits per heavy atom. The first-order chi connectivity index (χ1) is 35.0. The monoisotopic (exact) mass is 1030 g/mol. The Bertz CT molecular complexity index is 1270. The first-order valence-corrected chi connectivity index (χ1v) is 32.8. The molecule has 0 heterocycles. The molecule has 3 atom stereocenters. The maximum atomic E-state index is 13.0. The van der Waals surface area contributed by atoms with Gasteiger partial charge in [0.05, 0.1) is 39.9 Å². The number of rotatable bonds is 58. The molecule has 0 aliphatic carbocycles. The largest absolute Gasteiger partial charge is 0.756 e. The number of quaternary nitrogens is 1. The molecule has 0 saturated heterocycles. The maximum Gasteiger partial charge on any atom is 0.268 e. The summed E-state index contributed by atoms with van der Waals surface area (Å²) in [5.41, 5.74) is 0. The maximum absolute atomic E-state index is 13.0. The summed E-state index contributed by atoms with van der Waals surface area (Å²) in [5, 5.41) is 13.9. The molecule has 0 saturated carbocycles. The van der Waals surface area contributed by atoms with Gasteiger partial charge in [-0.25, -0.2) is 0 Å². The second kappa shape index (κ2) is 54.5. The molecular weight excluding hydrogens is 912 g/mol. The number of aliphatic hydroxyl groups is 1. The van der Waals surface area contributed by atoms with Crippen molar-refractivity contribution >= 4 is 13.7 Å². The predicted molar refractivity (Wildman–Crippen MR) is 311 cm³/mol. The van der Waals surface area contributed by atoms with E-state index in [0.29, 0.717) is 17.4 Å². The molecule has 0 aromatic heterocycles. The third-order valence-electron chi connectivity index (χ3n) is 14.3. The van der Waals surface area contributed by atoms with Crippen molar-refractivity contribution in [1.82, 2.24) is 5.32 Å². The molecule has 0 aromatic carbocycles. The van der Waals surface area contributed by atoms with Crippen molar-refractivity contribution < 1.29 is 32.9 Å². The van der Waals surface area contributed by atoms with Crippen molar-refractivity contribution in [2.45, 2.75) is 321 Å². The van der Waals surface area contributed by atoms with Gasteiger partial charge in [0.25, 0.3) is 7.82 Å². The molecular formula is C63H123N2O6P. The molecule has 9 heteroatoms.